The van der Waals surface area contributed by atoms with Gasteiger partial charge in [0.05, 0.1) is 24.9 Å². The second-order valence-electron chi connectivity index (χ2n) is 11.3. The monoisotopic (exact) mass is 534 g/mol. The van der Waals surface area contributed by atoms with Gasteiger partial charge in [-0.25, -0.2) is 14.7 Å². The van der Waals surface area contributed by atoms with E-state index in [1.165, 1.54) is 0 Å². The van der Waals surface area contributed by atoms with E-state index in [-0.39, 0.29) is 28.6 Å². The van der Waals surface area contributed by atoms with Crippen LogP contribution in [0.2, 0.25) is 0 Å². The second-order valence-corrected chi connectivity index (χ2v) is 16.2. The molecule has 4 rings (SSSR count). The van der Waals surface area contributed by atoms with Crippen molar-refractivity contribution in [2.45, 2.75) is 70.4 Å². The van der Waals surface area contributed by atoms with Gasteiger partial charge < -0.3 is 19.7 Å². The van der Waals surface area contributed by atoms with Crippen molar-refractivity contribution < 1.29 is 19.7 Å². The summed E-state index contributed by atoms with van der Waals surface area (Å²) in [7, 11) is -0.340. The van der Waals surface area contributed by atoms with Gasteiger partial charge in [-0.1, -0.05) is 20.8 Å². The number of benzene rings is 1. The molecule has 0 saturated carbocycles. The first-order chi connectivity index (χ1) is 17.5. The largest absolute Gasteiger partial charge is 0.508 e. The van der Waals surface area contributed by atoms with E-state index in [4.69, 9.17) is 19.7 Å². The molecule has 8 nitrogen and oxygen atoms in total. The number of hydrogen-bond donors (Lipinski definition) is 2. The van der Waals surface area contributed by atoms with Crippen molar-refractivity contribution in [3.63, 3.8) is 0 Å². The summed E-state index contributed by atoms with van der Waals surface area (Å²) < 4.78 is 15.6. The molecule has 1 unspecified atom stereocenters. The molecular formula is C28H46N4O4S. The van der Waals surface area contributed by atoms with E-state index >= 15 is 0 Å². The third kappa shape index (κ3) is 8.21. The van der Waals surface area contributed by atoms with Gasteiger partial charge in [0.2, 0.25) is 0 Å². The molecule has 0 spiro atoms. The van der Waals surface area contributed by atoms with E-state index in [0.717, 1.165) is 67.4 Å². The summed E-state index contributed by atoms with van der Waals surface area (Å²) in [6, 6.07) is 5.35. The van der Waals surface area contributed by atoms with Gasteiger partial charge in [0.25, 0.3) is 0 Å². The zero-order valence-electron chi connectivity index (χ0n) is 23.4. The summed E-state index contributed by atoms with van der Waals surface area (Å²) in [5.41, 5.74) is 2.69. The number of aliphatic hydroxyl groups excluding tert-OH is 1. The van der Waals surface area contributed by atoms with Crippen LogP contribution in [-0.2, 0) is 16.0 Å². The minimum Gasteiger partial charge on any atom is -0.508 e. The maximum atomic E-state index is 10.0. The number of hydrogen-bond acceptors (Lipinski definition) is 6. The third-order valence-electron chi connectivity index (χ3n) is 7.02. The maximum Gasteiger partial charge on any atom is 0.150 e. The topological polar surface area (TPSA) is 94.6 Å². The van der Waals surface area contributed by atoms with Crippen LogP contribution in [0.1, 0.15) is 59.1 Å². The SMILES string of the molecule is CC(C)(C)S(C)(C)C.OCCOCCCCn1cc(-c2nn(C3CCCCO3)c3ccc(O)cc23)cn1. The van der Waals surface area contributed by atoms with Gasteiger partial charge in [0, 0.05) is 36.9 Å². The number of fused-ring (bicyclic) bond motifs is 1. The Bertz CT molecular complexity index is 1100. The lowest BCUT2D eigenvalue weighted by Crippen LogP contribution is -2.21. The Morgan fingerprint density at radius 3 is 2.54 bits per heavy atom. The van der Waals surface area contributed by atoms with Gasteiger partial charge >= 0.3 is 0 Å². The molecule has 2 N–H and O–H groups in total. The van der Waals surface area contributed by atoms with Crippen LogP contribution in [0.4, 0.5) is 0 Å². The molecule has 0 amide bonds. The molecule has 1 atom stereocenters. The molecule has 0 aliphatic carbocycles. The summed E-state index contributed by atoms with van der Waals surface area (Å²) in [6.45, 7) is 9.55. The maximum absolute atomic E-state index is 10.0. The van der Waals surface area contributed by atoms with E-state index in [1.54, 1.807) is 12.1 Å². The van der Waals surface area contributed by atoms with Crippen LogP contribution in [0.5, 0.6) is 5.75 Å². The number of unbranched alkanes of at least 4 members (excludes halogenated alkanes) is 1. The van der Waals surface area contributed by atoms with Crippen LogP contribution < -0.4 is 0 Å². The van der Waals surface area contributed by atoms with Crippen LogP contribution in [0.25, 0.3) is 22.2 Å². The fraction of sp³-hybridized carbons (Fsp3) is 0.643. The van der Waals surface area contributed by atoms with Gasteiger partial charge in [0.15, 0.2) is 6.23 Å². The lowest BCUT2D eigenvalue weighted by molar-refractivity contribution is -0.0365. The number of nitrogens with zero attached hydrogens (tertiary/aromatic N) is 4. The lowest BCUT2D eigenvalue weighted by atomic mass is 10.1. The molecule has 2 aromatic heterocycles. The number of aliphatic hydroxyl groups is 1. The Morgan fingerprint density at radius 1 is 1.14 bits per heavy atom. The van der Waals surface area contributed by atoms with E-state index in [9.17, 15) is 5.11 Å². The Hall–Kier alpha value is -2.07. The molecule has 9 heteroatoms. The van der Waals surface area contributed by atoms with E-state index in [0.29, 0.717) is 18.0 Å². The highest BCUT2D eigenvalue weighted by molar-refractivity contribution is 8.33. The molecule has 3 heterocycles. The van der Waals surface area contributed by atoms with Crippen molar-refractivity contribution in [3.05, 3.63) is 30.6 Å². The van der Waals surface area contributed by atoms with Crippen LogP contribution in [-0.4, -0.2) is 79.7 Å². The zero-order valence-corrected chi connectivity index (χ0v) is 24.3. The number of phenols is 1. The third-order valence-corrected chi connectivity index (χ3v) is 10.7. The van der Waals surface area contributed by atoms with Gasteiger partial charge in [-0.15, -0.1) is 0 Å². The van der Waals surface area contributed by atoms with E-state index in [1.807, 2.05) is 27.8 Å². The summed E-state index contributed by atoms with van der Waals surface area (Å²) in [6.07, 6.45) is 15.8. The van der Waals surface area contributed by atoms with Gasteiger partial charge in [0.1, 0.15) is 11.4 Å². The van der Waals surface area contributed by atoms with Gasteiger partial charge in [-0.2, -0.15) is 10.2 Å². The standard InChI is InChI=1S/C21H28N4O4.C7H18S/c26-9-12-28-10-4-2-8-24-15-16(14-22-24)21-18-13-17(27)6-7-19(18)25(23-21)20-5-1-3-11-29-20;1-7(2,3)8(4,5)6/h6-7,13-15,20,26-27H,1-5,8-12H2;1-6H3. The molecule has 3 aromatic rings. The second kappa shape index (κ2) is 13.1. The van der Waals surface area contributed by atoms with Crippen LogP contribution in [0, 0.1) is 0 Å². The number of aromatic hydroxyl groups is 1. The van der Waals surface area contributed by atoms with Crippen LogP contribution >= 0.6 is 10.0 Å². The highest BCUT2D eigenvalue weighted by atomic mass is 32.3. The Morgan fingerprint density at radius 2 is 1.89 bits per heavy atom. The highest BCUT2D eigenvalue weighted by Crippen LogP contribution is 2.48. The van der Waals surface area contributed by atoms with Gasteiger partial charge in [-0.3, -0.25) is 4.68 Å². The quantitative estimate of drug-likeness (QED) is 0.349. The first kappa shape index (κ1) is 29.5. The van der Waals surface area contributed by atoms with E-state index in [2.05, 4.69) is 44.6 Å². The Balaban J connectivity index is 0.000000414. The molecule has 1 aliphatic heterocycles. The number of aromatic nitrogens is 4. The first-order valence-electron chi connectivity index (χ1n) is 13.2. The van der Waals surface area contributed by atoms with Crippen molar-refractivity contribution in [3.8, 4) is 17.0 Å². The smallest absolute Gasteiger partial charge is 0.150 e. The van der Waals surface area contributed by atoms with Crippen molar-refractivity contribution in [1.29, 1.82) is 0 Å². The first-order valence-corrected chi connectivity index (χ1v) is 16.1. The number of ether oxygens (including phenoxy) is 2. The average Bonchev–Trinajstić information content (AvgIpc) is 3.45. The predicted molar refractivity (Wildman–Crippen MR) is 154 cm³/mol. The predicted octanol–water partition coefficient (Wildman–Crippen LogP) is 5.57. The Labute approximate surface area is 223 Å². The van der Waals surface area contributed by atoms with Crippen LogP contribution in [0.15, 0.2) is 30.6 Å². The molecule has 1 fully saturated rings. The van der Waals surface area contributed by atoms with Crippen molar-refractivity contribution in [1.82, 2.24) is 19.6 Å². The number of phenolic OH excluding ortho intramolecular Hbond substituents is 1. The minimum absolute atomic E-state index is 0.0601. The zero-order chi connectivity index (χ0) is 27.1. The van der Waals surface area contributed by atoms with Crippen molar-refractivity contribution in [2.75, 3.05) is 45.2 Å². The summed E-state index contributed by atoms with van der Waals surface area (Å²) in [4.78, 5) is 0. The fourth-order valence-electron chi connectivity index (χ4n) is 3.73. The molecule has 1 aromatic carbocycles. The highest BCUT2D eigenvalue weighted by Gasteiger charge is 2.23. The molecule has 0 bridgehead atoms. The normalized spacial score (nSPS) is 17.0. The summed E-state index contributed by atoms with van der Waals surface area (Å²) >= 11 is 0. The molecule has 37 heavy (non-hydrogen) atoms. The molecular weight excluding hydrogens is 488 g/mol. The number of rotatable bonds is 9. The molecule has 0 radical (unpaired) electrons. The van der Waals surface area contributed by atoms with Crippen molar-refractivity contribution >= 4 is 20.9 Å². The van der Waals surface area contributed by atoms with Crippen molar-refractivity contribution in [2.24, 2.45) is 0 Å². The summed E-state index contributed by atoms with van der Waals surface area (Å²) in [5, 5.41) is 29.0. The van der Waals surface area contributed by atoms with Crippen LogP contribution in [0.3, 0.4) is 0 Å². The summed E-state index contributed by atoms with van der Waals surface area (Å²) in [5.74, 6) is 0.220. The average molecular weight is 535 g/mol. The minimum atomic E-state index is -0.340. The molecule has 1 aliphatic rings. The molecule has 1 saturated heterocycles. The fourth-order valence-corrected chi connectivity index (χ4v) is 3.73. The lowest BCUT2D eigenvalue weighted by Gasteiger charge is -2.40. The van der Waals surface area contributed by atoms with Gasteiger partial charge in [-0.05, 0) is 73.8 Å². The number of aryl methyl sites for hydroxylation is 1. The van der Waals surface area contributed by atoms with E-state index < -0.39 is 0 Å². The Kier molecular flexibility index (Phi) is 10.5. The molecule has 208 valence electrons.